The molecular weight excluding hydrogens is 174 g/mol. The lowest BCUT2D eigenvalue weighted by atomic mass is 9.91. The van der Waals surface area contributed by atoms with Crippen LogP contribution < -0.4 is 5.32 Å². The van der Waals surface area contributed by atoms with E-state index in [4.69, 9.17) is 4.74 Å². The third-order valence-corrected chi connectivity index (χ3v) is 3.46. The van der Waals surface area contributed by atoms with Crippen LogP contribution in [-0.2, 0) is 4.74 Å². The molecule has 0 aromatic rings. The van der Waals surface area contributed by atoms with Gasteiger partial charge in [-0.25, -0.2) is 0 Å². The summed E-state index contributed by atoms with van der Waals surface area (Å²) in [4.78, 5) is 0. The van der Waals surface area contributed by atoms with Gasteiger partial charge in [-0.2, -0.15) is 0 Å². The van der Waals surface area contributed by atoms with Gasteiger partial charge in [0.1, 0.15) is 0 Å². The van der Waals surface area contributed by atoms with Crippen molar-refractivity contribution in [3.63, 3.8) is 0 Å². The van der Waals surface area contributed by atoms with Gasteiger partial charge in [0.25, 0.3) is 0 Å². The second-order valence-electron chi connectivity index (χ2n) is 4.92. The monoisotopic (exact) mass is 199 g/mol. The Kier molecular flexibility index (Phi) is 4.90. The van der Waals surface area contributed by atoms with Gasteiger partial charge in [-0.1, -0.05) is 13.8 Å². The van der Waals surface area contributed by atoms with Gasteiger partial charge in [-0.3, -0.25) is 0 Å². The smallest absolute Gasteiger partial charge is 0.0586 e. The van der Waals surface area contributed by atoms with Crippen LogP contribution >= 0.6 is 0 Å². The molecule has 1 rings (SSSR count). The summed E-state index contributed by atoms with van der Waals surface area (Å²) >= 11 is 0. The van der Waals surface area contributed by atoms with E-state index < -0.39 is 0 Å². The van der Waals surface area contributed by atoms with Crippen molar-refractivity contribution in [2.75, 3.05) is 7.11 Å². The van der Waals surface area contributed by atoms with E-state index in [2.05, 4.69) is 26.1 Å². The van der Waals surface area contributed by atoms with Crippen LogP contribution in [0, 0.1) is 5.92 Å². The van der Waals surface area contributed by atoms with Crippen molar-refractivity contribution in [1.82, 2.24) is 5.32 Å². The van der Waals surface area contributed by atoms with Gasteiger partial charge >= 0.3 is 0 Å². The van der Waals surface area contributed by atoms with Crippen molar-refractivity contribution in [2.24, 2.45) is 5.92 Å². The summed E-state index contributed by atoms with van der Waals surface area (Å²) in [5.74, 6) is 0.720. The van der Waals surface area contributed by atoms with E-state index in [0.29, 0.717) is 18.2 Å². The second-order valence-corrected chi connectivity index (χ2v) is 4.92. The molecule has 1 aliphatic rings. The van der Waals surface area contributed by atoms with Gasteiger partial charge in [0.05, 0.1) is 6.10 Å². The lowest BCUT2D eigenvalue weighted by molar-refractivity contribution is 0.0562. The first-order valence-electron chi connectivity index (χ1n) is 5.92. The summed E-state index contributed by atoms with van der Waals surface area (Å²) in [7, 11) is 1.83. The summed E-state index contributed by atoms with van der Waals surface area (Å²) in [6.07, 6.45) is 5.54. The number of hydrogen-bond acceptors (Lipinski definition) is 2. The molecular formula is C12H25NO. The normalized spacial score (nSPS) is 30.6. The van der Waals surface area contributed by atoms with Gasteiger partial charge in [0.15, 0.2) is 0 Å². The van der Waals surface area contributed by atoms with E-state index >= 15 is 0 Å². The Labute approximate surface area is 88.4 Å². The van der Waals surface area contributed by atoms with Crippen molar-refractivity contribution in [2.45, 2.75) is 64.6 Å². The first kappa shape index (κ1) is 12.0. The molecule has 14 heavy (non-hydrogen) atoms. The highest BCUT2D eigenvalue weighted by Gasteiger charge is 2.23. The maximum Gasteiger partial charge on any atom is 0.0586 e. The van der Waals surface area contributed by atoms with Crippen molar-refractivity contribution in [3.8, 4) is 0 Å². The Morgan fingerprint density at radius 3 is 2.50 bits per heavy atom. The zero-order valence-electron chi connectivity index (χ0n) is 10.0. The Balaban J connectivity index is 2.30. The van der Waals surface area contributed by atoms with Crippen LogP contribution in [0.4, 0.5) is 0 Å². The van der Waals surface area contributed by atoms with Crippen LogP contribution in [0.25, 0.3) is 0 Å². The fraction of sp³-hybridized carbons (Fsp3) is 1.00. The molecule has 0 heterocycles. The van der Waals surface area contributed by atoms with E-state index in [0.717, 1.165) is 5.92 Å². The largest absolute Gasteiger partial charge is 0.381 e. The minimum absolute atomic E-state index is 0.487. The van der Waals surface area contributed by atoms with E-state index in [9.17, 15) is 0 Å². The molecule has 2 nitrogen and oxygen atoms in total. The topological polar surface area (TPSA) is 21.3 Å². The van der Waals surface area contributed by atoms with Crippen molar-refractivity contribution >= 4 is 0 Å². The molecule has 0 radical (unpaired) electrons. The van der Waals surface area contributed by atoms with Gasteiger partial charge in [0.2, 0.25) is 0 Å². The molecule has 0 bridgehead atoms. The van der Waals surface area contributed by atoms with Gasteiger partial charge in [0, 0.05) is 19.2 Å². The molecule has 0 amide bonds. The Morgan fingerprint density at radius 2 is 1.93 bits per heavy atom. The summed E-state index contributed by atoms with van der Waals surface area (Å²) in [6.45, 7) is 6.82. The Hall–Kier alpha value is -0.0800. The second kappa shape index (κ2) is 5.72. The maximum atomic E-state index is 5.42. The van der Waals surface area contributed by atoms with Crippen molar-refractivity contribution < 1.29 is 4.74 Å². The van der Waals surface area contributed by atoms with E-state index in [-0.39, 0.29) is 0 Å². The Morgan fingerprint density at radius 1 is 1.21 bits per heavy atom. The first-order chi connectivity index (χ1) is 6.63. The SMILES string of the molecule is COC1CCCC(NC(C)C(C)C)C1. The van der Waals surface area contributed by atoms with Crippen LogP contribution in [0.15, 0.2) is 0 Å². The van der Waals surface area contributed by atoms with Crippen LogP contribution in [0.2, 0.25) is 0 Å². The number of rotatable bonds is 4. The van der Waals surface area contributed by atoms with Crippen molar-refractivity contribution in [3.05, 3.63) is 0 Å². The number of methoxy groups -OCH3 is 1. The van der Waals surface area contributed by atoms with E-state index in [1.807, 2.05) is 7.11 Å². The summed E-state index contributed by atoms with van der Waals surface area (Å²) < 4.78 is 5.42. The van der Waals surface area contributed by atoms with Gasteiger partial charge in [-0.15, -0.1) is 0 Å². The third-order valence-electron chi connectivity index (χ3n) is 3.46. The molecule has 0 aliphatic heterocycles. The Bertz CT molecular complexity index is 158. The fourth-order valence-electron chi connectivity index (χ4n) is 2.07. The van der Waals surface area contributed by atoms with Crippen LogP contribution in [0.5, 0.6) is 0 Å². The zero-order valence-corrected chi connectivity index (χ0v) is 10.0. The number of hydrogen-bond donors (Lipinski definition) is 1. The van der Waals surface area contributed by atoms with E-state index in [1.165, 1.54) is 25.7 Å². The van der Waals surface area contributed by atoms with Crippen LogP contribution in [-0.4, -0.2) is 25.3 Å². The first-order valence-corrected chi connectivity index (χ1v) is 5.92. The molecule has 1 fully saturated rings. The average Bonchev–Trinajstić information content (AvgIpc) is 2.18. The molecule has 1 N–H and O–H groups in total. The highest BCUT2D eigenvalue weighted by molar-refractivity contribution is 4.81. The average molecular weight is 199 g/mol. The predicted molar refractivity (Wildman–Crippen MR) is 60.5 cm³/mol. The third kappa shape index (κ3) is 3.58. The van der Waals surface area contributed by atoms with E-state index in [1.54, 1.807) is 0 Å². The fourth-order valence-corrected chi connectivity index (χ4v) is 2.07. The standard InChI is InChI=1S/C12H25NO/c1-9(2)10(3)13-11-6-5-7-12(8-11)14-4/h9-13H,5-8H2,1-4H3. The summed E-state index contributed by atoms with van der Waals surface area (Å²) in [6, 6.07) is 1.29. The van der Waals surface area contributed by atoms with Crippen LogP contribution in [0.3, 0.4) is 0 Å². The quantitative estimate of drug-likeness (QED) is 0.751. The number of nitrogens with one attached hydrogen (secondary N) is 1. The lowest BCUT2D eigenvalue weighted by Crippen LogP contribution is -2.43. The predicted octanol–water partition coefficient (Wildman–Crippen LogP) is 2.58. The lowest BCUT2D eigenvalue weighted by Gasteiger charge is -2.32. The molecule has 1 saturated carbocycles. The minimum Gasteiger partial charge on any atom is -0.381 e. The summed E-state index contributed by atoms with van der Waals surface area (Å²) in [5.41, 5.74) is 0. The molecule has 1 aliphatic carbocycles. The van der Waals surface area contributed by atoms with Gasteiger partial charge in [-0.05, 0) is 38.5 Å². The molecule has 84 valence electrons. The molecule has 3 unspecified atom stereocenters. The van der Waals surface area contributed by atoms with Crippen molar-refractivity contribution in [1.29, 1.82) is 0 Å². The van der Waals surface area contributed by atoms with Crippen LogP contribution in [0.1, 0.15) is 46.5 Å². The highest BCUT2D eigenvalue weighted by atomic mass is 16.5. The number of ether oxygens (including phenoxy) is 1. The molecule has 3 atom stereocenters. The summed E-state index contributed by atoms with van der Waals surface area (Å²) in [5, 5.41) is 3.70. The minimum atomic E-state index is 0.487. The molecule has 2 heteroatoms. The molecule has 0 spiro atoms. The molecule has 0 aromatic heterocycles. The molecule has 0 saturated heterocycles. The van der Waals surface area contributed by atoms with Gasteiger partial charge < -0.3 is 10.1 Å². The zero-order chi connectivity index (χ0) is 10.6. The maximum absolute atomic E-state index is 5.42. The highest BCUT2D eigenvalue weighted by Crippen LogP contribution is 2.21. The molecule has 0 aromatic carbocycles.